The average molecular weight is 344 g/mol. The molecule has 0 aliphatic heterocycles. The molecular weight excluding hydrogens is 318 g/mol. The van der Waals surface area contributed by atoms with Crippen LogP contribution in [0.3, 0.4) is 0 Å². The number of nitrogens with zero attached hydrogens (tertiary/aromatic N) is 1. The first-order chi connectivity index (χ1) is 11.0. The van der Waals surface area contributed by atoms with Gasteiger partial charge in [0.1, 0.15) is 5.75 Å². The van der Waals surface area contributed by atoms with Crippen LogP contribution in [0.4, 0.5) is 5.69 Å². The molecule has 2 aromatic rings. The number of hydrogen-bond acceptors (Lipinski definition) is 2. The number of aliphatic imine (C=N–C) groups is 1. The fourth-order valence-electron chi connectivity index (χ4n) is 2.55. The summed E-state index contributed by atoms with van der Waals surface area (Å²) in [6.07, 6.45) is 1.84. The van der Waals surface area contributed by atoms with Crippen LogP contribution in [0.15, 0.2) is 41.4 Å². The molecule has 0 amide bonds. The Balaban J connectivity index is 2.52. The highest BCUT2D eigenvalue weighted by molar-refractivity contribution is 6.30. The maximum atomic E-state index is 10.7. The molecule has 128 valence electrons. The summed E-state index contributed by atoms with van der Waals surface area (Å²) in [7, 11) is 0. The minimum atomic E-state index is -0.145. The third kappa shape index (κ3) is 4.39. The molecule has 2 nitrogen and oxygen atoms in total. The van der Waals surface area contributed by atoms with Crippen LogP contribution in [0.2, 0.25) is 5.02 Å². The Morgan fingerprint density at radius 2 is 1.33 bits per heavy atom. The van der Waals surface area contributed by atoms with Crippen molar-refractivity contribution in [1.29, 1.82) is 0 Å². The fourth-order valence-corrected chi connectivity index (χ4v) is 2.68. The van der Waals surface area contributed by atoms with E-state index in [1.54, 1.807) is 0 Å². The highest BCUT2D eigenvalue weighted by Crippen LogP contribution is 2.39. The first-order valence-corrected chi connectivity index (χ1v) is 8.54. The summed E-state index contributed by atoms with van der Waals surface area (Å²) in [5.74, 6) is 0.388. The molecule has 0 aliphatic carbocycles. The lowest BCUT2D eigenvalue weighted by Crippen LogP contribution is -2.17. The molecule has 0 atom stereocenters. The Kier molecular flexibility index (Phi) is 5.10. The number of benzene rings is 2. The predicted octanol–water partition coefficient (Wildman–Crippen LogP) is 6.39. The number of phenols is 1. The molecule has 0 saturated carbocycles. The molecule has 0 spiro atoms. The van der Waals surface area contributed by atoms with Crippen molar-refractivity contribution in [3.05, 3.63) is 58.1 Å². The second-order valence-electron chi connectivity index (χ2n) is 8.20. The van der Waals surface area contributed by atoms with E-state index in [-0.39, 0.29) is 10.8 Å². The smallest absolute Gasteiger partial charge is 0.123 e. The van der Waals surface area contributed by atoms with Crippen LogP contribution < -0.4 is 0 Å². The molecular formula is C21H26ClNO. The Labute approximate surface area is 150 Å². The van der Waals surface area contributed by atoms with Crippen LogP contribution >= 0.6 is 11.6 Å². The Morgan fingerprint density at radius 3 is 1.75 bits per heavy atom. The molecule has 3 heteroatoms. The molecule has 2 aromatic carbocycles. The average Bonchev–Trinajstić information content (AvgIpc) is 2.45. The van der Waals surface area contributed by atoms with Crippen LogP contribution in [0, 0.1) is 0 Å². The van der Waals surface area contributed by atoms with Crippen molar-refractivity contribution in [3.8, 4) is 5.75 Å². The molecule has 24 heavy (non-hydrogen) atoms. The maximum absolute atomic E-state index is 10.7. The van der Waals surface area contributed by atoms with Crippen LogP contribution in [0.5, 0.6) is 5.75 Å². The zero-order valence-electron chi connectivity index (χ0n) is 15.3. The third-order valence-electron chi connectivity index (χ3n) is 3.94. The molecule has 0 heterocycles. The molecule has 1 N–H and O–H groups in total. The van der Waals surface area contributed by atoms with Gasteiger partial charge in [-0.15, -0.1) is 0 Å². The lowest BCUT2D eigenvalue weighted by atomic mass is 9.78. The topological polar surface area (TPSA) is 32.6 Å². The standard InChI is InChI=1S/C21H26ClNO/c1-20(2,3)17-11-14(12-18(19(17)24)21(4,5)6)13-23-16-9-7-15(22)8-10-16/h7-13,24H,1-6H3. The highest BCUT2D eigenvalue weighted by Gasteiger charge is 2.26. The van der Waals surface area contributed by atoms with Gasteiger partial charge >= 0.3 is 0 Å². The Morgan fingerprint density at radius 1 is 0.875 bits per heavy atom. The molecule has 0 aromatic heterocycles. The minimum absolute atomic E-state index is 0.145. The lowest BCUT2D eigenvalue weighted by molar-refractivity contribution is 0.423. The van der Waals surface area contributed by atoms with Crippen molar-refractivity contribution >= 4 is 23.5 Å². The monoisotopic (exact) mass is 343 g/mol. The zero-order chi connectivity index (χ0) is 18.1. The van der Waals surface area contributed by atoms with Crippen LogP contribution in [0.1, 0.15) is 58.2 Å². The first kappa shape index (κ1) is 18.5. The Hall–Kier alpha value is -1.80. The zero-order valence-corrected chi connectivity index (χ0v) is 16.1. The van der Waals surface area contributed by atoms with Crippen molar-refractivity contribution < 1.29 is 5.11 Å². The number of rotatable bonds is 2. The van der Waals surface area contributed by atoms with Gasteiger partial charge in [0.05, 0.1) is 5.69 Å². The van der Waals surface area contributed by atoms with Gasteiger partial charge in [-0.3, -0.25) is 4.99 Å². The first-order valence-electron chi connectivity index (χ1n) is 8.16. The van der Waals surface area contributed by atoms with Crippen molar-refractivity contribution in [2.45, 2.75) is 52.4 Å². The van der Waals surface area contributed by atoms with E-state index in [4.69, 9.17) is 11.6 Å². The van der Waals surface area contributed by atoms with Gasteiger partial charge in [-0.25, -0.2) is 0 Å². The summed E-state index contributed by atoms with van der Waals surface area (Å²) in [6, 6.07) is 11.5. The summed E-state index contributed by atoms with van der Waals surface area (Å²) in [5.41, 5.74) is 3.42. The van der Waals surface area contributed by atoms with Gasteiger partial charge in [0.25, 0.3) is 0 Å². The molecule has 2 rings (SSSR count). The van der Waals surface area contributed by atoms with E-state index < -0.39 is 0 Å². The van der Waals surface area contributed by atoms with Crippen LogP contribution in [-0.4, -0.2) is 11.3 Å². The summed E-state index contributed by atoms with van der Waals surface area (Å²) in [6.45, 7) is 12.6. The van der Waals surface area contributed by atoms with Crippen molar-refractivity contribution in [2.75, 3.05) is 0 Å². The van der Waals surface area contributed by atoms with Crippen molar-refractivity contribution in [1.82, 2.24) is 0 Å². The molecule has 0 aliphatic rings. The van der Waals surface area contributed by atoms with E-state index >= 15 is 0 Å². The van der Waals surface area contributed by atoms with Crippen LogP contribution in [0.25, 0.3) is 0 Å². The third-order valence-corrected chi connectivity index (χ3v) is 4.19. The normalized spacial score (nSPS) is 12.8. The number of phenolic OH excluding ortho intramolecular Hbond substituents is 1. The van der Waals surface area contributed by atoms with Gasteiger partial charge in [-0.1, -0.05) is 53.1 Å². The second kappa shape index (κ2) is 6.60. The van der Waals surface area contributed by atoms with E-state index in [9.17, 15) is 5.11 Å². The Bertz CT molecular complexity index is 712. The van der Waals surface area contributed by atoms with Gasteiger partial charge in [0.2, 0.25) is 0 Å². The van der Waals surface area contributed by atoms with Gasteiger partial charge < -0.3 is 5.11 Å². The van der Waals surface area contributed by atoms with E-state index in [1.165, 1.54) is 0 Å². The summed E-state index contributed by atoms with van der Waals surface area (Å²) in [5, 5.41) is 11.4. The van der Waals surface area contributed by atoms with Gasteiger partial charge in [-0.05, 0) is 52.8 Å². The largest absolute Gasteiger partial charge is 0.507 e. The lowest BCUT2D eigenvalue weighted by Gasteiger charge is -2.27. The SMILES string of the molecule is CC(C)(C)c1cc(C=Nc2ccc(Cl)cc2)cc(C(C)(C)C)c1O. The minimum Gasteiger partial charge on any atom is -0.507 e. The maximum Gasteiger partial charge on any atom is 0.123 e. The van der Waals surface area contributed by atoms with Crippen LogP contribution in [-0.2, 0) is 10.8 Å². The van der Waals surface area contributed by atoms with E-state index in [2.05, 4.69) is 46.5 Å². The number of hydrogen-bond donors (Lipinski definition) is 1. The molecule has 0 radical (unpaired) electrons. The van der Waals surface area contributed by atoms with E-state index in [0.717, 1.165) is 22.4 Å². The molecule has 0 fully saturated rings. The number of halogens is 1. The molecule has 0 bridgehead atoms. The van der Waals surface area contributed by atoms with Gasteiger partial charge in [-0.2, -0.15) is 0 Å². The highest BCUT2D eigenvalue weighted by atomic mass is 35.5. The van der Waals surface area contributed by atoms with Crippen molar-refractivity contribution in [2.24, 2.45) is 4.99 Å². The molecule has 0 unspecified atom stereocenters. The predicted molar refractivity (Wildman–Crippen MR) is 104 cm³/mol. The summed E-state index contributed by atoms with van der Waals surface area (Å²) in [4.78, 5) is 4.53. The van der Waals surface area contributed by atoms with Crippen molar-refractivity contribution in [3.63, 3.8) is 0 Å². The van der Waals surface area contributed by atoms with Gasteiger partial charge in [0, 0.05) is 22.4 Å². The summed E-state index contributed by atoms with van der Waals surface area (Å²) < 4.78 is 0. The van der Waals surface area contributed by atoms with Gasteiger partial charge in [0.15, 0.2) is 0 Å². The quantitative estimate of drug-likeness (QED) is 0.629. The van der Waals surface area contributed by atoms with E-state index in [0.29, 0.717) is 10.8 Å². The fraction of sp³-hybridized carbons (Fsp3) is 0.381. The second-order valence-corrected chi connectivity index (χ2v) is 8.64. The summed E-state index contributed by atoms with van der Waals surface area (Å²) >= 11 is 5.91. The number of aromatic hydroxyl groups is 1. The molecule has 0 saturated heterocycles. The van der Waals surface area contributed by atoms with E-state index in [1.807, 2.05) is 42.6 Å².